The number of likely N-dealkylation sites (tertiary alicyclic amines) is 1. The van der Waals surface area contributed by atoms with Crippen molar-refractivity contribution in [3.05, 3.63) is 59.2 Å². The van der Waals surface area contributed by atoms with Gasteiger partial charge in [-0.25, -0.2) is 0 Å². The number of fused-ring (bicyclic) bond motifs is 2. The second-order valence-corrected chi connectivity index (χ2v) is 7.93. The summed E-state index contributed by atoms with van der Waals surface area (Å²) < 4.78 is 11.0. The number of nitrogens with zero attached hydrogens (tertiary/aromatic N) is 1. The molecule has 0 amide bonds. The van der Waals surface area contributed by atoms with Crippen molar-refractivity contribution in [2.75, 3.05) is 27.8 Å². The van der Waals surface area contributed by atoms with Gasteiger partial charge in [0, 0.05) is 12.6 Å². The Bertz CT molecular complexity index is 773. The lowest BCUT2D eigenvalue weighted by molar-refractivity contribution is 0.0711. The van der Waals surface area contributed by atoms with Gasteiger partial charge in [-0.2, -0.15) is 0 Å². The molecule has 0 radical (unpaired) electrons. The van der Waals surface area contributed by atoms with Crippen LogP contribution in [0.15, 0.2) is 42.5 Å². The molecule has 0 N–H and O–H groups in total. The zero-order chi connectivity index (χ0) is 18.1. The molecule has 3 heteroatoms. The van der Waals surface area contributed by atoms with E-state index in [2.05, 4.69) is 48.3 Å². The monoisotopic (exact) mass is 351 g/mol. The van der Waals surface area contributed by atoms with E-state index in [4.69, 9.17) is 9.47 Å². The smallest absolute Gasteiger partial charge is 0.122 e. The first-order chi connectivity index (χ1) is 12.7. The van der Waals surface area contributed by atoms with Gasteiger partial charge in [0.1, 0.15) is 11.5 Å². The van der Waals surface area contributed by atoms with Gasteiger partial charge in [-0.3, -0.25) is 0 Å². The number of likely N-dealkylation sites (N-methyl/N-ethyl adjacent to an activating group) is 1. The topological polar surface area (TPSA) is 21.7 Å². The molecule has 1 aliphatic carbocycles. The number of rotatable bonds is 4. The predicted octanol–water partition coefficient (Wildman–Crippen LogP) is 3.98. The fourth-order valence-corrected chi connectivity index (χ4v) is 5.10. The second kappa shape index (κ2) is 7.32. The highest BCUT2D eigenvalue weighted by Gasteiger charge is 2.38. The van der Waals surface area contributed by atoms with Gasteiger partial charge in [0.25, 0.3) is 0 Å². The third-order valence-electron chi connectivity index (χ3n) is 6.30. The fourth-order valence-electron chi connectivity index (χ4n) is 5.10. The zero-order valence-corrected chi connectivity index (χ0v) is 16.1. The maximum Gasteiger partial charge on any atom is 0.122 e. The highest BCUT2D eigenvalue weighted by Crippen LogP contribution is 2.40. The van der Waals surface area contributed by atoms with Crippen LogP contribution in [0, 0.1) is 11.8 Å². The fraction of sp³-hybridized carbons (Fsp3) is 0.478. The summed E-state index contributed by atoms with van der Waals surface area (Å²) >= 11 is 0. The van der Waals surface area contributed by atoms with Crippen molar-refractivity contribution < 1.29 is 9.47 Å². The van der Waals surface area contributed by atoms with Crippen molar-refractivity contribution in [3.8, 4) is 11.5 Å². The molecule has 0 spiro atoms. The number of ether oxygens (including phenoxy) is 2. The third kappa shape index (κ3) is 3.33. The molecule has 1 saturated heterocycles. The van der Waals surface area contributed by atoms with Crippen molar-refractivity contribution in [3.63, 3.8) is 0 Å². The Labute approximate surface area is 156 Å². The Morgan fingerprint density at radius 2 is 1.88 bits per heavy atom. The van der Waals surface area contributed by atoms with E-state index in [1.54, 1.807) is 14.2 Å². The summed E-state index contributed by atoms with van der Waals surface area (Å²) in [7, 11) is 5.84. The molecule has 2 aromatic carbocycles. The maximum absolute atomic E-state index is 5.64. The van der Waals surface area contributed by atoms with Gasteiger partial charge in [0.15, 0.2) is 0 Å². The van der Waals surface area contributed by atoms with E-state index in [0.717, 1.165) is 30.8 Å². The van der Waals surface area contributed by atoms with Gasteiger partial charge in [0.2, 0.25) is 0 Å². The Morgan fingerprint density at radius 1 is 1.04 bits per heavy atom. The molecular formula is C23H29NO2. The molecular weight excluding hydrogens is 322 g/mol. The largest absolute Gasteiger partial charge is 0.497 e. The van der Waals surface area contributed by atoms with Gasteiger partial charge in [-0.1, -0.05) is 24.3 Å². The Kier molecular flexibility index (Phi) is 4.90. The van der Waals surface area contributed by atoms with Crippen LogP contribution in [0.3, 0.4) is 0 Å². The highest BCUT2D eigenvalue weighted by atomic mass is 16.5. The SMILES string of the molecule is COc1cccc(C[C@H]2C[C@H]3Cc4c(cccc4OC)C[C@@H]3N(C)C2)c1. The molecule has 1 fully saturated rings. The van der Waals surface area contributed by atoms with Crippen LogP contribution in [0.2, 0.25) is 0 Å². The number of methoxy groups -OCH3 is 2. The van der Waals surface area contributed by atoms with E-state index >= 15 is 0 Å². The summed E-state index contributed by atoms with van der Waals surface area (Å²) in [5.41, 5.74) is 4.30. The molecule has 1 heterocycles. The van der Waals surface area contributed by atoms with Crippen molar-refractivity contribution in [1.29, 1.82) is 0 Å². The van der Waals surface area contributed by atoms with Crippen LogP contribution in [0.25, 0.3) is 0 Å². The molecule has 3 atom stereocenters. The maximum atomic E-state index is 5.64. The number of piperidine rings is 1. The molecule has 2 aliphatic rings. The summed E-state index contributed by atoms with van der Waals surface area (Å²) in [4.78, 5) is 2.60. The molecule has 3 nitrogen and oxygen atoms in total. The van der Waals surface area contributed by atoms with E-state index in [1.165, 1.54) is 29.7 Å². The first kappa shape index (κ1) is 17.4. The summed E-state index contributed by atoms with van der Waals surface area (Å²) in [6.45, 7) is 1.18. The molecule has 0 saturated carbocycles. The number of hydrogen-bond acceptors (Lipinski definition) is 3. The lowest BCUT2D eigenvalue weighted by atomic mass is 9.71. The average molecular weight is 351 g/mol. The average Bonchev–Trinajstić information content (AvgIpc) is 2.66. The molecule has 1 aliphatic heterocycles. The van der Waals surface area contributed by atoms with Crippen molar-refractivity contribution in [2.24, 2.45) is 11.8 Å². The molecule has 138 valence electrons. The van der Waals surface area contributed by atoms with Gasteiger partial charge >= 0.3 is 0 Å². The van der Waals surface area contributed by atoms with E-state index in [0.29, 0.717) is 17.9 Å². The lowest BCUT2D eigenvalue weighted by Gasteiger charge is -2.46. The number of hydrogen-bond donors (Lipinski definition) is 0. The molecule has 26 heavy (non-hydrogen) atoms. The molecule has 4 rings (SSSR count). The van der Waals surface area contributed by atoms with E-state index in [-0.39, 0.29) is 0 Å². The predicted molar refractivity (Wildman–Crippen MR) is 105 cm³/mol. The van der Waals surface area contributed by atoms with Gasteiger partial charge in [-0.05, 0) is 79.5 Å². The quantitative estimate of drug-likeness (QED) is 0.832. The van der Waals surface area contributed by atoms with Crippen LogP contribution in [0.5, 0.6) is 11.5 Å². The van der Waals surface area contributed by atoms with E-state index in [9.17, 15) is 0 Å². The van der Waals surface area contributed by atoms with Crippen LogP contribution >= 0.6 is 0 Å². The van der Waals surface area contributed by atoms with E-state index < -0.39 is 0 Å². The van der Waals surface area contributed by atoms with Gasteiger partial charge in [-0.15, -0.1) is 0 Å². The first-order valence-electron chi connectivity index (χ1n) is 9.66. The molecule has 0 bridgehead atoms. The molecule has 0 aromatic heterocycles. The normalized spacial score (nSPS) is 25.3. The summed E-state index contributed by atoms with van der Waals surface area (Å²) in [5.74, 6) is 3.44. The minimum atomic E-state index is 0.663. The van der Waals surface area contributed by atoms with Gasteiger partial charge < -0.3 is 14.4 Å². The Hall–Kier alpha value is -2.00. The minimum absolute atomic E-state index is 0.663. The van der Waals surface area contributed by atoms with Crippen molar-refractivity contribution in [1.82, 2.24) is 4.90 Å². The number of benzene rings is 2. The third-order valence-corrected chi connectivity index (χ3v) is 6.30. The summed E-state index contributed by atoms with van der Waals surface area (Å²) in [5, 5.41) is 0. The van der Waals surface area contributed by atoms with Crippen LogP contribution < -0.4 is 9.47 Å². The lowest BCUT2D eigenvalue weighted by Crippen LogP contribution is -2.50. The summed E-state index contributed by atoms with van der Waals surface area (Å²) in [6, 6.07) is 15.7. The Morgan fingerprint density at radius 3 is 2.69 bits per heavy atom. The molecule has 0 unspecified atom stereocenters. The Balaban J connectivity index is 1.52. The van der Waals surface area contributed by atoms with Gasteiger partial charge in [0.05, 0.1) is 14.2 Å². The van der Waals surface area contributed by atoms with Crippen LogP contribution in [-0.2, 0) is 19.3 Å². The van der Waals surface area contributed by atoms with Crippen molar-refractivity contribution >= 4 is 0 Å². The molecule has 2 aromatic rings. The highest BCUT2D eigenvalue weighted by molar-refractivity contribution is 5.43. The first-order valence-corrected chi connectivity index (χ1v) is 9.66. The summed E-state index contributed by atoms with van der Waals surface area (Å²) in [6.07, 6.45) is 4.72. The van der Waals surface area contributed by atoms with Crippen molar-refractivity contribution in [2.45, 2.75) is 31.7 Å². The second-order valence-electron chi connectivity index (χ2n) is 7.93. The van der Waals surface area contributed by atoms with Crippen LogP contribution in [0.4, 0.5) is 0 Å². The minimum Gasteiger partial charge on any atom is -0.497 e. The van der Waals surface area contributed by atoms with Crippen LogP contribution in [0.1, 0.15) is 23.1 Å². The van der Waals surface area contributed by atoms with Crippen LogP contribution in [-0.4, -0.2) is 38.8 Å². The standard InChI is InChI=1S/C23H29NO2/c1-24-15-17(10-16-6-4-8-20(12-16)25-2)11-19-13-21-18(14-22(19)24)7-5-9-23(21)26-3/h4-9,12,17,19,22H,10-11,13-15H2,1-3H3/t17-,19-,22-/m0/s1. The zero-order valence-electron chi connectivity index (χ0n) is 16.1. The van der Waals surface area contributed by atoms with E-state index in [1.807, 2.05) is 6.07 Å².